The molecule has 1 aliphatic heterocycles. The molecule has 1 N–H and O–H groups in total. The molecule has 3 heterocycles. The Kier molecular flexibility index (Phi) is 3.26. The van der Waals surface area contributed by atoms with Crippen LogP contribution in [0.5, 0.6) is 5.75 Å². The topological polar surface area (TPSA) is 38.6 Å². The monoisotopic (exact) mass is 309 g/mol. The van der Waals surface area contributed by atoms with Crippen molar-refractivity contribution in [2.24, 2.45) is 0 Å². The number of piperidine rings is 1. The first-order valence-corrected chi connectivity index (χ1v) is 7.01. The maximum atomic E-state index is 5.41. The number of aromatic nitrogens is 2. The van der Waals surface area contributed by atoms with Crippen LogP contribution in [0.2, 0.25) is 0 Å². The summed E-state index contributed by atoms with van der Waals surface area (Å²) in [4.78, 5) is 4.69. The first-order chi connectivity index (χ1) is 8.81. The Labute approximate surface area is 114 Å². The zero-order valence-electron chi connectivity index (χ0n) is 10.3. The number of halogens is 1. The molecule has 2 aromatic heterocycles. The molecule has 96 valence electrons. The molecular formula is C13H16BrN3O. The predicted octanol–water partition coefficient (Wildman–Crippen LogP) is 2.57. The quantitative estimate of drug-likeness (QED) is 0.926. The lowest BCUT2D eigenvalue weighted by Crippen LogP contribution is -2.27. The molecule has 3 rings (SSSR count). The van der Waals surface area contributed by atoms with E-state index >= 15 is 0 Å². The molecular weight excluding hydrogens is 294 g/mol. The minimum absolute atomic E-state index is 0.525. The molecule has 2 aromatic rings. The van der Waals surface area contributed by atoms with Crippen molar-refractivity contribution in [3.63, 3.8) is 0 Å². The summed E-state index contributed by atoms with van der Waals surface area (Å²) < 4.78 is 8.43. The van der Waals surface area contributed by atoms with Crippen molar-refractivity contribution < 1.29 is 4.74 Å². The van der Waals surface area contributed by atoms with Crippen molar-refractivity contribution in [2.45, 2.75) is 18.8 Å². The van der Waals surface area contributed by atoms with Gasteiger partial charge < -0.3 is 10.1 Å². The third-order valence-corrected chi connectivity index (χ3v) is 4.09. The van der Waals surface area contributed by atoms with Crippen molar-refractivity contribution in [2.75, 3.05) is 20.2 Å². The summed E-state index contributed by atoms with van der Waals surface area (Å²) in [6, 6.07) is 3.97. The van der Waals surface area contributed by atoms with Gasteiger partial charge in [0.05, 0.1) is 7.11 Å². The molecule has 0 bridgehead atoms. The number of fused-ring (bicyclic) bond motifs is 1. The highest BCUT2D eigenvalue weighted by molar-refractivity contribution is 9.10. The Bertz CT molecular complexity index is 561. The van der Waals surface area contributed by atoms with Gasteiger partial charge >= 0.3 is 0 Å². The molecule has 0 unspecified atom stereocenters. The molecule has 5 heteroatoms. The van der Waals surface area contributed by atoms with Crippen molar-refractivity contribution in [3.05, 3.63) is 28.8 Å². The first kappa shape index (κ1) is 12.0. The van der Waals surface area contributed by atoms with E-state index in [0.717, 1.165) is 47.6 Å². The standard InChI is InChI=1S/C13H16BrN3O/c1-18-10-3-2-8-17-11(10)12(14)16-13(17)9-4-6-15-7-5-9/h2-3,8-9,15H,4-7H2,1H3. The van der Waals surface area contributed by atoms with Crippen molar-refractivity contribution in [1.82, 2.24) is 14.7 Å². The summed E-state index contributed by atoms with van der Waals surface area (Å²) in [5.74, 6) is 2.52. The van der Waals surface area contributed by atoms with E-state index in [4.69, 9.17) is 9.72 Å². The number of nitrogens with one attached hydrogen (secondary N) is 1. The molecule has 0 amide bonds. The fourth-order valence-electron chi connectivity index (χ4n) is 2.62. The lowest BCUT2D eigenvalue weighted by atomic mass is 9.97. The number of methoxy groups -OCH3 is 1. The maximum absolute atomic E-state index is 5.41. The largest absolute Gasteiger partial charge is 0.494 e. The second kappa shape index (κ2) is 4.90. The van der Waals surface area contributed by atoms with Gasteiger partial charge in [-0.25, -0.2) is 4.98 Å². The van der Waals surface area contributed by atoms with E-state index in [1.54, 1.807) is 7.11 Å². The summed E-state index contributed by atoms with van der Waals surface area (Å²) in [7, 11) is 1.69. The zero-order chi connectivity index (χ0) is 12.5. The fourth-order valence-corrected chi connectivity index (χ4v) is 3.19. The van der Waals surface area contributed by atoms with Crippen LogP contribution in [0.15, 0.2) is 22.9 Å². The van der Waals surface area contributed by atoms with E-state index in [0.29, 0.717) is 5.92 Å². The Hall–Kier alpha value is -1.07. The van der Waals surface area contributed by atoms with Gasteiger partial charge in [-0.05, 0) is 54.0 Å². The van der Waals surface area contributed by atoms with Crippen LogP contribution < -0.4 is 10.1 Å². The van der Waals surface area contributed by atoms with Gasteiger partial charge in [0.25, 0.3) is 0 Å². The van der Waals surface area contributed by atoms with Gasteiger partial charge in [0.15, 0.2) is 0 Å². The second-order valence-electron chi connectivity index (χ2n) is 4.58. The highest BCUT2D eigenvalue weighted by Crippen LogP contribution is 2.33. The smallest absolute Gasteiger partial charge is 0.145 e. The Morgan fingerprint density at radius 2 is 2.22 bits per heavy atom. The van der Waals surface area contributed by atoms with Gasteiger partial charge in [-0.3, -0.25) is 4.40 Å². The SMILES string of the molecule is COc1cccn2c(C3CCNCC3)nc(Br)c12. The lowest BCUT2D eigenvalue weighted by Gasteiger charge is -2.21. The summed E-state index contributed by atoms with van der Waals surface area (Å²) in [6.45, 7) is 2.14. The number of ether oxygens (including phenoxy) is 1. The Morgan fingerprint density at radius 3 is 2.94 bits per heavy atom. The van der Waals surface area contributed by atoms with Crippen LogP contribution in [-0.2, 0) is 0 Å². The van der Waals surface area contributed by atoms with E-state index in [1.807, 2.05) is 12.1 Å². The van der Waals surface area contributed by atoms with E-state index in [-0.39, 0.29) is 0 Å². The van der Waals surface area contributed by atoms with Gasteiger partial charge in [-0.1, -0.05) is 0 Å². The van der Waals surface area contributed by atoms with Gasteiger partial charge in [0.2, 0.25) is 0 Å². The van der Waals surface area contributed by atoms with Crippen LogP contribution in [0.4, 0.5) is 0 Å². The summed E-state index contributed by atoms with van der Waals surface area (Å²) in [6.07, 6.45) is 4.35. The van der Waals surface area contributed by atoms with Gasteiger partial charge in [-0.2, -0.15) is 0 Å². The Morgan fingerprint density at radius 1 is 1.44 bits per heavy atom. The van der Waals surface area contributed by atoms with Crippen LogP contribution in [0, 0.1) is 0 Å². The minimum atomic E-state index is 0.525. The van der Waals surface area contributed by atoms with Crippen molar-refractivity contribution >= 4 is 21.4 Å². The molecule has 4 nitrogen and oxygen atoms in total. The van der Waals surface area contributed by atoms with Crippen LogP contribution in [0.1, 0.15) is 24.6 Å². The van der Waals surface area contributed by atoms with Crippen LogP contribution in [0.3, 0.4) is 0 Å². The fraction of sp³-hybridized carbons (Fsp3) is 0.462. The molecule has 1 fully saturated rings. The number of nitrogens with zero attached hydrogens (tertiary/aromatic N) is 2. The third-order valence-electron chi connectivity index (χ3n) is 3.54. The number of hydrogen-bond donors (Lipinski definition) is 1. The Balaban J connectivity index is 2.12. The summed E-state index contributed by atoms with van der Waals surface area (Å²) in [5, 5.41) is 3.39. The zero-order valence-corrected chi connectivity index (χ0v) is 11.9. The molecule has 0 aromatic carbocycles. The van der Waals surface area contributed by atoms with Gasteiger partial charge in [0, 0.05) is 12.1 Å². The molecule has 0 spiro atoms. The van der Waals surface area contributed by atoms with Crippen LogP contribution >= 0.6 is 15.9 Å². The van der Waals surface area contributed by atoms with E-state index in [2.05, 4.69) is 31.8 Å². The maximum Gasteiger partial charge on any atom is 0.145 e. The first-order valence-electron chi connectivity index (χ1n) is 6.22. The van der Waals surface area contributed by atoms with E-state index < -0.39 is 0 Å². The average Bonchev–Trinajstić information content (AvgIpc) is 2.77. The van der Waals surface area contributed by atoms with E-state index in [1.165, 1.54) is 0 Å². The van der Waals surface area contributed by atoms with Crippen LogP contribution in [-0.4, -0.2) is 29.6 Å². The van der Waals surface area contributed by atoms with Crippen molar-refractivity contribution in [3.8, 4) is 5.75 Å². The number of imidazole rings is 1. The molecule has 18 heavy (non-hydrogen) atoms. The molecule has 1 saturated heterocycles. The number of pyridine rings is 1. The highest BCUT2D eigenvalue weighted by atomic mass is 79.9. The molecule has 0 atom stereocenters. The number of rotatable bonds is 2. The summed E-state index contributed by atoms with van der Waals surface area (Å²) >= 11 is 3.55. The molecule has 0 radical (unpaired) electrons. The molecule has 1 aliphatic rings. The van der Waals surface area contributed by atoms with E-state index in [9.17, 15) is 0 Å². The second-order valence-corrected chi connectivity index (χ2v) is 5.33. The normalized spacial score (nSPS) is 17.2. The van der Waals surface area contributed by atoms with Gasteiger partial charge in [0.1, 0.15) is 21.7 Å². The highest BCUT2D eigenvalue weighted by Gasteiger charge is 2.22. The predicted molar refractivity (Wildman–Crippen MR) is 74.3 cm³/mol. The average molecular weight is 310 g/mol. The number of hydrogen-bond acceptors (Lipinski definition) is 3. The lowest BCUT2D eigenvalue weighted by molar-refractivity contribution is 0.416. The molecule has 0 saturated carbocycles. The van der Waals surface area contributed by atoms with Crippen LogP contribution in [0.25, 0.3) is 5.52 Å². The minimum Gasteiger partial charge on any atom is -0.494 e. The molecule has 0 aliphatic carbocycles. The van der Waals surface area contributed by atoms with Gasteiger partial charge in [-0.15, -0.1) is 0 Å². The van der Waals surface area contributed by atoms with Crippen molar-refractivity contribution in [1.29, 1.82) is 0 Å². The third kappa shape index (κ3) is 1.91. The summed E-state index contributed by atoms with van der Waals surface area (Å²) in [5.41, 5.74) is 1.02.